The Balaban J connectivity index is 1.96. The summed E-state index contributed by atoms with van der Waals surface area (Å²) in [5.41, 5.74) is 2.40. The monoisotopic (exact) mass is 315 g/mol. The Labute approximate surface area is 138 Å². The highest BCUT2D eigenvalue weighted by Crippen LogP contribution is 2.17. The molecule has 1 aromatic carbocycles. The minimum Gasteiger partial charge on any atom is -0.478 e. The van der Waals surface area contributed by atoms with E-state index in [-0.39, 0.29) is 5.56 Å². The summed E-state index contributed by atoms with van der Waals surface area (Å²) in [6.45, 7) is 0. The number of carboxylic acids is 1. The van der Waals surface area contributed by atoms with E-state index < -0.39 is 5.97 Å². The van der Waals surface area contributed by atoms with E-state index in [0.717, 1.165) is 11.1 Å². The Morgan fingerprint density at radius 1 is 1.17 bits per heavy atom. The van der Waals surface area contributed by atoms with Crippen LogP contribution in [0.2, 0.25) is 0 Å². The maximum atomic E-state index is 11.1. The molecule has 0 unspecified atom stereocenters. The lowest BCUT2D eigenvalue weighted by atomic mass is 10.1. The van der Waals surface area contributed by atoms with Crippen molar-refractivity contribution >= 4 is 18.1 Å². The summed E-state index contributed by atoms with van der Waals surface area (Å²) in [5.74, 6) is -0.568. The molecule has 0 saturated carbocycles. The van der Waals surface area contributed by atoms with Crippen LogP contribution in [-0.4, -0.2) is 20.6 Å². The van der Waals surface area contributed by atoms with Crippen LogP contribution in [-0.2, 0) is 0 Å². The maximum Gasteiger partial charge on any atom is 0.335 e. The fraction of sp³-hybridized carbons (Fsp3) is 0. The summed E-state index contributed by atoms with van der Waals surface area (Å²) >= 11 is 0. The van der Waals surface area contributed by atoms with E-state index in [1.807, 2.05) is 42.5 Å². The molecule has 0 amide bonds. The van der Waals surface area contributed by atoms with Gasteiger partial charge in [0.05, 0.1) is 11.1 Å². The van der Waals surface area contributed by atoms with Crippen molar-refractivity contribution in [2.24, 2.45) is 0 Å². The van der Waals surface area contributed by atoms with Crippen molar-refractivity contribution in [3.63, 3.8) is 0 Å². The number of aromatic carboxylic acids is 1. The second kappa shape index (κ2) is 6.63. The minimum absolute atomic E-state index is 0.147. The summed E-state index contributed by atoms with van der Waals surface area (Å²) in [5, 5.41) is 18.4. The van der Waals surface area contributed by atoms with Gasteiger partial charge in [0.1, 0.15) is 11.9 Å². The highest BCUT2D eigenvalue weighted by molar-refractivity contribution is 5.87. The molecular formula is C19H13N3O2. The van der Waals surface area contributed by atoms with Crippen molar-refractivity contribution in [2.45, 2.75) is 0 Å². The molecule has 5 heteroatoms. The molecule has 0 aliphatic rings. The quantitative estimate of drug-likeness (QED) is 0.797. The second-order valence-electron chi connectivity index (χ2n) is 5.10. The van der Waals surface area contributed by atoms with E-state index in [9.17, 15) is 10.1 Å². The largest absolute Gasteiger partial charge is 0.478 e. The molecule has 2 heterocycles. The van der Waals surface area contributed by atoms with Crippen molar-refractivity contribution in [3.8, 4) is 11.9 Å². The van der Waals surface area contributed by atoms with Gasteiger partial charge in [-0.2, -0.15) is 5.26 Å². The molecule has 0 atom stereocenters. The van der Waals surface area contributed by atoms with Crippen LogP contribution in [0.5, 0.6) is 0 Å². The molecule has 0 fully saturated rings. The van der Waals surface area contributed by atoms with Crippen LogP contribution >= 0.6 is 0 Å². The zero-order valence-corrected chi connectivity index (χ0v) is 12.6. The average molecular weight is 315 g/mol. The first-order valence-electron chi connectivity index (χ1n) is 7.22. The van der Waals surface area contributed by atoms with Gasteiger partial charge in [0.15, 0.2) is 0 Å². The van der Waals surface area contributed by atoms with Crippen LogP contribution in [0.25, 0.3) is 18.0 Å². The van der Waals surface area contributed by atoms with Gasteiger partial charge in [0.2, 0.25) is 0 Å². The lowest BCUT2D eigenvalue weighted by Gasteiger charge is -2.02. The third-order valence-corrected chi connectivity index (χ3v) is 3.49. The topological polar surface area (TPSA) is 78.9 Å². The van der Waals surface area contributed by atoms with Gasteiger partial charge in [-0.15, -0.1) is 0 Å². The molecule has 116 valence electrons. The maximum absolute atomic E-state index is 11.1. The number of hydrogen-bond acceptors (Lipinski definition) is 3. The Bertz CT molecular complexity index is 950. The van der Waals surface area contributed by atoms with E-state index >= 15 is 0 Å². The fourth-order valence-corrected chi connectivity index (χ4v) is 2.27. The number of nitrogens with zero attached hydrogens (tertiary/aromatic N) is 3. The number of aromatic nitrogens is 2. The molecule has 0 aliphatic heterocycles. The third-order valence-electron chi connectivity index (χ3n) is 3.49. The van der Waals surface area contributed by atoms with Gasteiger partial charge < -0.3 is 9.67 Å². The molecular weight excluding hydrogens is 302 g/mol. The van der Waals surface area contributed by atoms with E-state index in [4.69, 9.17) is 5.11 Å². The fourth-order valence-electron chi connectivity index (χ4n) is 2.27. The number of pyridine rings is 1. The summed E-state index contributed by atoms with van der Waals surface area (Å²) in [7, 11) is 0. The molecule has 0 radical (unpaired) electrons. The molecule has 24 heavy (non-hydrogen) atoms. The number of hydrogen-bond donors (Lipinski definition) is 1. The predicted octanol–water partition coefficient (Wildman–Crippen LogP) is 3.61. The first-order chi connectivity index (χ1) is 11.7. The van der Waals surface area contributed by atoms with Crippen molar-refractivity contribution in [3.05, 3.63) is 83.3 Å². The first-order valence-corrected chi connectivity index (χ1v) is 7.22. The minimum atomic E-state index is -1.02. The molecule has 3 aromatic rings. The van der Waals surface area contributed by atoms with Crippen molar-refractivity contribution in [2.75, 3.05) is 0 Å². The molecule has 5 nitrogen and oxygen atoms in total. The van der Waals surface area contributed by atoms with Gasteiger partial charge in [-0.05, 0) is 17.7 Å². The Hall–Kier alpha value is -3.65. The predicted molar refractivity (Wildman–Crippen MR) is 90.6 cm³/mol. The van der Waals surface area contributed by atoms with Gasteiger partial charge in [0, 0.05) is 24.2 Å². The van der Waals surface area contributed by atoms with Crippen molar-refractivity contribution in [1.29, 1.82) is 5.26 Å². The van der Waals surface area contributed by atoms with Crippen LogP contribution in [0.4, 0.5) is 0 Å². The summed E-state index contributed by atoms with van der Waals surface area (Å²) in [6.07, 6.45) is 8.60. The highest BCUT2D eigenvalue weighted by atomic mass is 16.4. The van der Waals surface area contributed by atoms with Gasteiger partial charge in [0.25, 0.3) is 0 Å². The smallest absolute Gasteiger partial charge is 0.335 e. The normalized spacial score (nSPS) is 10.6. The van der Waals surface area contributed by atoms with Crippen LogP contribution in [0.15, 0.2) is 61.1 Å². The van der Waals surface area contributed by atoms with Crippen molar-refractivity contribution in [1.82, 2.24) is 9.55 Å². The molecule has 0 spiro atoms. The lowest BCUT2D eigenvalue weighted by Crippen LogP contribution is -2.00. The molecule has 0 aliphatic carbocycles. The van der Waals surface area contributed by atoms with Crippen molar-refractivity contribution < 1.29 is 9.90 Å². The first kappa shape index (κ1) is 15.3. The number of benzene rings is 1. The average Bonchev–Trinajstić information content (AvgIpc) is 3.04. The Kier molecular flexibility index (Phi) is 4.21. The second-order valence-corrected chi connectivity index (χ2v) is 5.10. The molecule has 3 rings (SSSR count). The van der Waals surface area contributed by atoms with Gasteiger partial charge >= 0.3 is 5.97 Å². The van der Waals surface area contributed by atoms with Gasteiger partial charge in [-0.1, -0.05) is 42.5 Å². The Morgan fingerprint density at radius 3 is 2.67 bits per heavy atom. The summed E-state index contributed by atoms with van der Waals surface area (Å²) in [6, 6.07) is 14.8. The number of carbonyl (C=O) groups is 1. The van der Waals surface area contributed by atoms with Crippen LogP contribution < -0.4 is 0 Å². The number of carboxylic acid groups (broad SMARTS) is 1. The Morgan fingerprint density at radius 2 is 1.96 bits per heavy atom. The van der Waals surface area contributed by atoms with E-state index in [1.54, 1.807) is 17.0 Å². The van der Waals surface area contributed by atoms with Crippen LogP contribution in [0, 0.1) is 11.3 Å². The van der Waals surface area contributed by atoms with Gasteiger partial charge in [-0.25, -0.2) is 9.78 Å². The highest BCUT2D eigenvalue weighted by Gasteiger charge is 2.09. The zero-order valence-electron chi connectivity index (χ0n) is 12.6. The molecule has 2 aromatic heterocycles. The third kappa shape index (κ3) is 3.23. The lowest BCUT2D eigenvalue weighted by molar-refractivity contribution is 0.0696. The van der Waals surface area contributed by atoms with E-state index in [1.165, 1.54) is 18.3 Å². The molecule has 1 N–H and O–H groups in total. The van der Waals surface area contributed by atoms with Gasteiger partial charge in [-0.3, -0.25) is 0 Å². The van der Waals surface area contributed by atoms with Crippen LogP contribution in [0.1, 0.15) is 27.0 Å². The molecule has 0 bridgehead atoms. The standard InChI is InChI=1S/C19H13N3O2/c20-11-17-13-22(18-10-15(19(23)24)8-9-21-18)12-16(17)7-6-14-4-2-1-3-5-14/h1-10,12-13H,(H,23,24). The molecule has 0 saturated heterocycles. The SMILES string of the molecule is N#Cc1cn(-c2cc(C(=O)O)ccn2)cc1C=Cc1ccccc1. The zero-order chi connectivity index (χ0) is 16.9. The van der Waals surface area contributed by atoms with E-state index in [2.05, 4.69) is 11.1 Å². The summed E-state index contributed by atoms with van der Waals surface area (Å²) < 4.78 is 1.65. The summed E-state index contributed by atoms with van der Waals surface area (Å²) in [4.78, 5) is 15.2. The number of rotatable bonds is 4. The number of nitriles is 1. The van der Waals surface area contributed by atoms with Crippen LogP contribution in [0.3, 0.4) is 0 Å². The van der Waals surface area contributed by atoms with E-state index in [0.29, 0.717) is 11.4 Å².